The van der Waals surface area contributed by atoms with E-state index in [0.717, 1.165) is 12.8 Å². The Hall–Kier alpha value is -2.96. The number of nitrogens with zero attached hydrogens (tertiary/aromatic N) is 1. The quantitative estimate of drug-likeness (QED) is 0.635. The number of carboxylic acids is 1. The van der Waals surface area contributed by atoms with Crippen LogP contribution in [0.15, 0.2) is 18.2 Å². The molecule has 3 rings (SSSR count). The zero-order chi connectivity index (χ0) is 19.2. The maximum absolute atomic E-state index is 13.4. The molecule has 2 N–H and O–H groups in total. The lowest BCUT2D eigenvalue weighted by Gasteiger charge is -2.09. The molecule has 0 bridgehead atoms. The monoisotopic (exact) mass is 358 g/mol. The highest BCUT2D eigenvalue weighted by molar-refractivity contribution is 6.40. The highest BCUT2D eigenvalue weighted by atomic mass is 19.1. The van der Waals surface area contributed by atoms with Gasteiger partial charge in [0, 0.05) is 18.4 Å². The van der Waals surface area contributed by atoms with Crippen LogP contribution in [0.1, 0.15) is 56.4 Å². The second kappa shape index (κ2) is 6.40. The number of ketones is 1. The van der Waals surface area contributed by atoms with E-state index in [-0.39, 0.29) is 17.4 Å². The molecule has 2 aromatic rings. The van der Waals surface area contributed by atoms with Gasteiger partial charge in [-0.1, -0.05) is 0 Å². The van der Waals surface area contributed by atoms with Gasteiger partial charge in [0.1, 0.15) is 11.5 Å². The van der Waals surface area contributed by atoms with Crippen LogP contribution < -0.4 is 5.32 Å². The number of rotatable bonds is 5. The summed E-state index contributed by atoms with van der Waals surface area (Å²) in [4.78, 5) is 36.2. The Kier molecular flexibility index (Phi) is 4.39. The fraction of sp³-hybridized carbons (Fsp3) is 0.316. The molecule has 0 unspecified atom stereocenters. The van der Waals surface area contributed by atoms with E-state index in [0.29, 0.717) is 28.1 Å². The molecular weight excluding hydrogens is 339 g/mol. The fourth-order valence-corrected chi connectivity index (χ4v) is 3.18. The summed E-state index contributed by atoms with van der Waals surface area (Å²) in [6, 6.07) is 4.24. The Morgan fingerprint density at radius 1 is 1.23 bits per heavy atom. The lowest BCUT2D eigenvalue weighted by Crippen LogP contribution is -2.18. The van der Waals surface area contributed by atoms with Crippen LogP contribution in [-0.2, 0) is 11.8 Å². The zero-order valence-electron chi connectivity index (χ0n) is 14.7. The lowest BCUT2D eigenvalue weighted by molar-refractivity contribution is -0.131. The third-order valence-electron chi connectivity index (χ3n) is 4.76. The normalized spacial score (nSPS) is 13.5. The molecule has 26 heavy (non-hydrogen) atoms. The Morgan fingerprint density at radius 3 is 2.42 bits per heavy atom. The predicted octanol–water partition coefficient (Wildman–Crippen LogP) is 3.18. The standard InChI is InChI=1S/C19H19FN2O4/c1-9-8-12(6-7-13(9)20)21-18(24)14-10(2)22(3)16(17(23)19(25)26)15(14)11-4-5-11/h6-8,11H,4-5H2,1-3H3,(H,21,24)(H,25,26). The van der Waals surface area contributed by atoms with Crippen LogP contribution in [0.2, 0.25) is 0 Å². The SMILES string of the molecule is Cc1cc(NC(=O)c2c(C3CC3)c(C(=O)C(=O)O)n(C)c2C)ccc1F. The number of aliphatic carboxylic acids is 1. The molecule has 1 aliphatic carbocycles. The number of halogens is 1. The first-order chi connectivity index (χ1) is 12.2. The summed E-state index contributed by atoms with van der Waals surface area (Å²) in [5.41, 5.74) is 2.22. The van der Waals surface area contributed by atoms with Gasteiger partial charge in [0.2, 0.25) is 0 Å². The average molecular weight is 358 g/mol. The number of aryl methyl sites for hydroxylation is 1. The van der Waals surface area contributed by atoms with Crippen LogP contribution in [0.5, 0.6) is 0 Å². The molecule has 1 saturated carbocycles. The van der Waals surface area contributed by atoms with Gasteiger partial charge >= 0.3 is 5.97 Å². The topological polar surface area (TPSA) is 88.4 Å². The minimum Gasteiger partial charge on any atom is -0.475 e. The lowest BCUT2D eigenvalue weighted by atomic mass is 10.0. The van der Waals surface area contributed by atoms with Crippen molar-refractivity contribution in [3.63, 3.8) is 0 Å². The van der Waals surface area contributed by atoms with Crippen molar-refractivity contribution in [3.8, 4) is 0 Å². The van der Waals surface area contributed by atoms with Crippen molar-refractivity contribution in [1.29, 1.82) is 0 Å². The number of carbonyl (C=O) groups excluding carboxylic acids is 2. The molecular formula is C19H19FN2O4. The minimum absolute atomic E-state index is 0.00361. The van der Waals surface area contributed by atoms with Gasteiger partial charge in [0.15, 0.2) is 0 Å². The van der Waals surface area contributed by atoms with E-state index in [9.17, 15) is 18.8 Å². The number of carboxylic acid groups (broad SMARTS) is 1. The van der Waals surface area contributed by atoms with Crippen molar-refractivity contribution in [2.24, 2.45) is 7.05 Å². The largest absolute Gasteiger partial charge is 0.475 e. The van der Waals surface area contributed by atoms with Crippen molar-refractivity contribution in [2.45, 2.75) is 32.6 Å². The van der Waals surface area contributed by atoms with Crippen molar-refractivity contribution in [3.05, 3.63) is 52.1 Å². The molecule has 0 atom stereocenters. The van der Waals surface area contributed by atoms with E-state index in [1.54, 1.807) is 20.9 Å². The van der Waals surface area contributed by atoms with Gasteiger partial charge in [-0.3, -0.25) is 9.59 Å². The van der Waals surface area contributed by atoms with Crippen LogP contribution in [0.3, 0.4) is 0 Å². The Bertz CT molecular complexity index is 942. The average Bonchev–Trinajstić information content (AvgIpc) is 3.37. The highest BCUT2D eigenvalue weighted by Gasteiger charge is 2.38. The van der Waals surface area contributed by atoms with Gasteiger partial charge in [-0.25, -0.2) is 9.18 Å². The molecule has 1 heterocycles. The molecule has 6 nitrogen and oxygen atoms in total. The molecule has 1 amide bonds. The number of carbonyl (C=O) groups is 3. The van der Waals surface area contributed by atoms with Crippen molar-refractivity contribution in [1.82, 2.24) is 4.57 Å². The summed E-state index contributed by atoms with van der Waals surface area (Å²) in [7, 11) is 1.58. The number of aromatic nitrogens is 1. The summed E-state index contributed by atoms with van der Waals surface area (Å²) in [6.07, 6.45) is 1.61. The number of benzene rings is 1. The first-order valence-electron chi connectivity index (χ1n) is 8.26. The number of hydrogen-bond acceptors (Lipinski definition) is 3. The summed E-state index contributed by atoms with van der Waals surface area (Å²) in [5.74, 6) is -3.37. The summed E-state index contributed by atoms with van der Waals surface area (Å²) >= 11 is 0. The van der Waals surface area contributed by atoms with Gasteiger partial charge in [-0.2, -0.15) is 0 Å². The number of anilines is 1. The fourth-order valence-electron chi connectivity index (χ4n) is 3.18. The molecule has 1 aromatic heterocycles. The third-order valence-corrected chi connectivity index (χ3v) is 4.76. The van der Waals surface area contributed by atoms with E-state index in [4.69, 9.17) is 5.11 Å². The first-order valence-corrected chi connectivity index (χ1v) is 8.26. The molecule has 7 heteroatoms. The van der Waals surface area contributed by atoms with Crippen LogP contribution >= 0.6 is 0 Å². The van der Waals surface area contributed by atoms with E-state index >= 15 is 0 Å². The van der Waals surface area contributed by atoms with Gasteiger partial charge < -0.3 is 15.0 Å². The third kappa shape index (κ3) is 3.00. The van der Waals surface area contributed by atoms with E-state index in [1.807, 2.05) is 0 Å². The molecule has 0 aliphatic heterocycles. The number of nitrogens with one attached hydrogen (secondary N) is 1. The van der Waals surface area contributed by atoms with Gasteiger partial charge in [-0.15, -0.1) is 0 Å². The minimum atomic E-state index is -1.55. The second-order valence-corrected chi connectivity index (χ2v) is 6.61. The van der Waals surface area contributed by atoms with Gasteiger partial charge in [0.25, 0.3) is 11.7 Å². The Balaban J connectivity index is 2.05. The molecule has 136 valence electrons. The Morgan fingerprint density at radius 2 is 1.88 bits per heavy atom. The van der Waals surface area contributed by atoms with E-state index in [1.165, 1.54) is 22.8 Å². The molecule has 1 fully saturated rings. The van der Waals surface area contributed by atoms with Crippen molar-refractivity contribution < 1.29 is 23.9 Å². The second-order valence-electron chi connectivity index (χ2n) is 6.61. The molecule has 0 spiro atoms. The molecule has 0 saturated heterocycles. The van der Waals surface area contributed by atoms with Crippen molar-refractivity contribution >= 4 is 23.3 Å². The zero-order valence-corrected chi connectivity index (χ0v) is 14.7. The Labute approximate surface area is 149 Å². The maximum Gasteiger partial charge on any atom is 0.378 e. The highest BCUT2D eigenvalue weighted by Crippen LogP contribution is 2.45. The van der Waals surface area contributed by atoms with Crippen LogP contribution in [0.25, 0.3) is 0 Å². The van der Waals surface area contributed by atoms with E-state index in [2.05, 4.69) is 5.32 Å². The van der Waals surface area contributed by atoms with Crippen molar-refractivity contribution in [2.75, 3.05) is 5.32 Å². The van der Waals surface area contributed by atoms with Crippen LogP contribution in [0.4, 0.5) is 10.1 Å². The molecule has 1 aromatic carbocycles. The summed E-state index contributed by atoms with van der Waals surface area (Å²) in [6.45, 7) is 3.27. The first kappa shape index (κ1) is 17.8. The summed E-state index contributed by atoms with van der Waals surface area (Å²) in [5, 5.41) is 11.8. The predicted molar refractivity (Wildman–Crippen MR) is 93.2 cm³/mol. The summed E-state index contributed by atoms with van der Waals surface area (Å²) < 4.78 is 14.9. The van der Waals surface area contributed by atoms with Gasteiger partial charge in [-0.05, 0) is 61.9 Å². The number of hydrogen-bond donors (Lipinski definition) is 2. The van der Waals surface area contributed by atoms with Crippen LogP contribution in [0, 0.1) is 19.7 Å². The number of amides is 1. The van der Waals surface area contributed by atoms with Gasteiger partial charge in [0.05, 0.1) is 5.56 Å². The van der Waals surface area contributed by atoms with Crippen LogP contribution in [-0.4, -0.2) is 27.3 Å². The molecule has 0 radical (unpaired) electrons. The molecule has 1 aliphatic rings. The van der Waals surface area contributed by atoms with E-state index < -0.39 is 17.7 Å². The smallest absolute Gasteiger partial charge is 0.378 e. The maximum atomic E-state index is 13.4. The number of Topliss-reactive ketones (excluding diaryl/α,β-unsaturated/α-hetero) is 1.